The average molecular weight is 392 g/mol. The second-order valence-corrected chi connectivity index (χ2v) is 9.27. The summed E-state index contributed by atoms with van der Waals surface area (Å²) >= 11 is 1.56. The number of nitrogens with zero attached hydrogens (tertiary/aromatic N) is 4. The lowest BCUT2D eigenvalue weighted by molar-refractivity contribution is -0.119. The zero-order valence-electron chi connectivity index (χ0n) is 16.4. The Hall–Kier alpha value is -1.24. The van der Waals surface area contributed by atoms with Gasteiger partial charge < -0.3 is 10.2 Å². The summed E-state index contributed by atoms with van der Waals surface area (Å²) in [5.74, 6) is 1.62. The molecule has 0 atom stereocenters. The highest BCUT2D eigenvalue weighted by Gasteiger charge is 2.32. The summed E-state index contributed by atoms with van der Waals surface area (Å²) in [5.41, 5.74) is 0. The number of hydrogen-bond acceptors (Lipinski definition) is 5. The van der Waals surface area contributed by atoms with Crippen molar-refractivity contribution in [2.45, 2.75) is 94.3 Å². The fraction of sp³-hybridized carbons (Fsp3) is 0.850. The van der Waals surface area contributed by atoms with Crippen molar-refractivity contribution in [3.63, 3.8) is 0 Å². The number of rotatable bonds is 6. The Morgan fingerprint density at radius 1 is 0.926 bits per heavy atom. The predicted octanol–water partition coefficient (Wildman–Crippen LogP) is 3.92. The number of carbonyl (C=O) groups excluding carboxylic acids is 1. The minimum absolute atomic E-state index is 0.149. The fourth-order valence-electron chi connectivity index (χ4n) is 4.33. The maximum atomic E-state index is 12.5. The first kappa shape index (κ1) is 19.1. The van der Waals surface area contributed by atoms with E-state index in [4.69, 9.17) is 0 Å². The highest BCUT2D eigenvalue weighted by atomic mass is 32.2. The highest BCUT2D eigenvalue weighted by Crippen LogP contribution is 2.41. The number of hydrogen-bond donors (Lipinski definition) is 1. The molecule has 27 heavy (non-hydrogen) atoms. The Morgan fingerprint density at radius 3 is 2.30 bits per heavy atom. The first-order chi connectivity index (χ1) is 13.3. The second kappa shape index (κ2) is 9.30. The zero-order chi connectivity index (χ0) is 18.5. The van der Waals surface area contributed by atoms with Gasteiger partial charge in [-0.05, 0) is 44.9 Å². The molecule has 2 saturated carbocycles. The summed E-state index contributed by atoms with van der Waals surface area (Å²) in [6, 6.07) is 0.900. The van der Waals surface area contributed by atoms with E-state index < -0.39 is 0 Å². The van der Waals surface area contributed by atoms with Gasteiger partial charge in [0.25, 0.3) is 0 Å². The number of piperidine rings is 1. The van der Waals surface area contributed by atoms with Crippen LogP contribution < -0.4 is 10.2 Å². The predicted molar refractivity (Wildman–Crippen MR) is 109 cm³/mol. The van der Waals surface area contributed by atoms with E-state index in [1.54, 1.807) is 11.8 Å². The van der Waals surface area contributed by atoms with Crippen molar-refractivity contribution >= 4 is 23.6 Å². The summed E-state index contributed by atoms with van der Waals surface area (Å²) in [6.07, 6.45) is 14.9. The summed E-state index contributed by atoms with van der Waals surface area (Å²) < 4.78 is 2.30. The minimum atomic E-state index is 0.149. The molecule has 0 bridgehead atoms. The molecule has 1 aromatic rings. The van der Waals surface area contributed by atoms with Gasteiger partial charge in [0.05, 0.1) is 5.75 Å². The van der Waals surface area contributed by atoms with Gasteiger partial charge in [0.15, 0.2) is 5.16 Å². The number of nitrogens with one attached hydrogen (secondary N) is 1. The molecule has 0 aromatic carbocycles. The van der Waals surface area contributed by atoms with Crippen LogP contribution in [0.3, 0.4) is 0 Å². The number of carbonyl (C=O) groups is 1. The lowest BCUT2D eigenvalue weighted by Gasteiger charge is -2.27. The van der Waals surface area contributed by atoms with E-state index in [9.17, 15) is 4.79 Å². The van der Waals surface area contributed by atoms with Crippen molar-refractivity contribution in [3.05, 3.63) is 0 Å². The molecule has 1 saturated heterocycles. The Balaban J connectivity index is 1.33. The van der Waals surface area contributed by atoms with Crippen LogP contribution >= 0.6 is 11.8 Å². The average Bonchev–Trinajstić information content (AvgIpc) is 3.42. The molecule has 1 amide bonds. The molecule has 3 aliphatic rings. The summed E-state index contributed by atoms with van der Waals surface area (Å²) in [5, 5.41) is 13.1. The SMILES string of the molecule is O=C(CSc1nnc(N2CCCCC2)n1C1CC1)NC1CCCCCCC1. The molecule has 7 heteroatoms. The largest absolute Gasteiger partial charge is 0.353 e. The first-order valence-corrected chi connectivity index (χ1v) is 11.9. The van der Waals surface area contributed by atoms with Crippen molar-refractivity contribution in [2.24, 2.45) is 0 Å². The number of aromatic nitrogens is 3. The number of thioether (sulfide) groups is 1. The van der Waals surface area contributed by atoms with E-state index in [1.807, 2.05) is 0 Å². The van der Waals surface area contributed by atoms with E-state index in [2.05, 4.69) is 25.0 Å². The van der Waals surface area contributed by atoms with Crippen molar-refractivity contribution in [3.8, 4) is 0 Å². The van der Waals surface area contributed by atoms with Crippen molar-refractivity contribution in [1.29, 1.82) is 0 Å². The molecule has 0 unspecified atom stereocenters. The maximum absolute atomic E-state index is 12.5. The number of anilines is 1. The van der Waals surface area contributed by atoms with Crippen LogP contribution in [0.2, 0.25) is 0 Å². The van der Waals surface area contributed by atoms with Crippen LogP contribution in [0.1, 0.15) is 83.1 Å². The molecule has 1 N–H and O–H groups in total. The third-order valence-electron chi connectivity index (χ3n) is 6.00. The molecule has 1 aromatic heterocycles. The van der Waals surface area contributed by atoms with Crippen LogP contribution in [0.15, 0.2) is 5.16 Å². The molecular formula is C20H33N5OS. The van der Waals surface area contributed by atoms with Gasteiger partial charge in [-0.25, -0.2) is 0 Å². The van der Waals surface area contributed by atoms with Crippen LogP contribution in [0.5, 0.6) is 0 Å². The Labute approximate surface area is 166 Å². The van der Waals surface area contributed by atoms with E-state index in [0.717, 1.165) is 37.0 Å². The van der Waals surface area contributed by atoms with Gasteiger partial charge in [0, 0.05) is 25.2 Å². The second-order valence-electron chi connectivity index (χ2n) is 8.33. The van der Waals surface area contributed by atoms with E-state index in [-0.39, 0.29) is 5.91 Å². The summed E-state index contributed by atoms with van der Waals surface area (Å²) in [7, 11) is 0. The van der Waals surface area contributed by atoms with E-state index >= 15 is 0 Å². The number of amides is 1. The Bertz CT molecular complexity index is 616. The van der Waals surface area contributed by atoms with E-state index in [0.29, 0.717) is 17.8 Å². The van der Waals surface area contributed by atoms with Gasteiger partial charge in [-0.2, -0.15) is 0 Å². The van der Waals surface area contributed by atoms with Crippen molar-refractivity contribution < 1.29 is 4.79 Å². The molecule has 6 nitrogen and oxygen atoms in total. The van der Waals surface area contributed by atoms with Crippen LogP contribution in [0.25, 0.3) is 0 Å². The topological polar surface area (TPSA) is 63.1 Å². The monoisotopic (exact) mass is 391 g/mol. The van der Waals surface area contributed by atoms with Crippen molar-refractivity contribution in [2.75, 3.05) is 23.7 Å². The minimum Gasteiger partial charge on any atom is -0.353 e. The van der Waals surface area contributed by atoms with Gasteiger partial charge in [0.1, 0.15) is 0 Å². The molecule has 2 aliphatic carbocycles. The first-order valence-electron chi connectivity index (χ1n) is 10.9. The molecule has 1 aliphatic heterocycles. The fourth-order valence-corrected chi connectivity index (χ4v) is 5.14. The maximum Gasteiger partial charge on any atom is 0.230 e. The highest BCUT2D eigenvalue weighted by molar-refractivity contribution is 7.99. The summed E-state index contributed by atoms with van der Waals surface area (Å²) in [4.78, 5) is 14.9. The van der Waals surface area contributed by atoms with E-state index in [1.165, 1.54) is 64.2 Å². The molecule has 2 heterocycles. The Kier molecular flexibility index (Phi) is 6.58. The molecule has 3 fully saturated rings. The van der Waals surface area contributed by atoms with Crippen LogP contribution in [0.4, 0.5) is 5.95 Å². The van der Waals surface area contributed by atoms with Crippen LogP contribution in [0, 0.1) is 0 Å². The lowest BCUT2D eigenvalue weighted by atomic mass is 9.97. The van der Waals surface area contributed by atoms with Gasteiger partial charge in [0.2, 0.25) is 11.9 Å². The summed E-state index contributed by atoms with van der Waals surface area (Å²) in [6.45, 7) is 2.16. The third kappa shape index (κ3) is 5.18. The molecule has 4 rings (SSSR count). The normalized spacial score (nSPS) is 22.3. The van der Waals surface area contributed by atoms with Gasteiger partial charge in [-0.15, -0.1) is 10.2 Å². The Morgan fingerprint density at radius 2 is 1.59 bits per heavy atom. The molecular weight excluding hydrogens is 358 g/mol. The standard InChI is InChI=1S/C20H33N5OS/c26-18(21-16-9-5-2-1-3-6-10-16)15-27-20-23-22-19(25(20)17-11-12-17)24-13-7-4-8-14-24/h16-17H,1-15H2,(H,21,26). The lowest BCUT2D eigenvalue weighted by Crippen LogP contribution is -2.36. The van der Waals surface area contributed by atoms with Crippen molar-refractivity contribution in [1.82, 2.24) is 20.1 Å². The smallest absolute Gasteiger partial charge is 0.230 e. The third-order valence-corrected chi connectivity index (χ3v) is 6.94. The molecule has 0 spiro atoms. The van der Waals surface area contributed by atoms with Crippen LogP contribution in [-0.4, -0.2) is 45.6 Å². The molecule has 150 valence electrons. The van der Waals surface area contributed by atoms with Crippen LogP contribution in [-0.2, 0) is 4.79 Å². The van der Waals surface area contributed by atoms with Gasteiger partial charge >= 0.3 is 0 Å². The van der Waals surface area contributed by atoms with Gasteiger partial charge in [-0.1, -0.05) is 43.9 Å². The quantitative estimate of drug-likeness (QED) is 0.745. The van der Waals surface area contributed by atoms with Gasteiger partial charge in [-0.3, -0.25) is 9.36 Å². The zero-order valence-corrected chi connectivity index (χ0v) is 17.2. The molecule has 0 radical (unpaired) electrons.